The van der Waals surface area contributed by atoms with Crippen LogP contribution >= 0.6 is 0 Å². The fourth-order valence-corrected chi connectivity index (χ4v) is 2.27. The van der Waals surface area contributed by atoms with Crippen molar-refractivity contribution in [2.75, 3.05) is 14.2 Å². The molecule has 2 rings (SSSR count). The van der Waals surface area contributed by atoms with E-state index in [1.165, 1.54) is 0 Å². The molecule has 4 heteroatoms. The largest absolute Gasteiger partial charge is 0.497 e. The van der Waals surface area contributed by atoms with E-state index in [1.54, 1.807) is 26.6 Å². The van der Waals surface area contributed by atoms with E-state index in [9.17, 15) is 0 Å². The number of benzene rings is 2. The van der Waals surface area contributed by atoms with E-state index in [-0.39, 0.29) is 12.1 Å². The Bertz CT molecular complexity index is 614. The van der Waals surface area contributed by atoms with E-state index in [1.807, 2.05) is 48.5 Å². The Hall–Kier alpha value is -2.62. The maximum Gasteiger partial charge on any atom is 0.118 e. The lowest BCUT2D eigenvalue weighted by Gasteiger charge is -2.08. The zero-order valence-electron chi connectivity index (χ0n) is 14.6. The molecule has 2 aromatic rings. The van der Waals surface area contributed by atoms with Gasteiger partial charge in [-0.25, -0.2) is 0 Å². The molecule has 0 aliphatic heterocycles. The molecule has 0 aromatic heterocycles. The van der Waals surface area contributed by atoms with Crippen molar-refractivity contribution in [1.29, 1.82) is 0 Å². The smallest absolute Gasteiger partial charge is 0.118 e. The molecule has 2 atom stereocenters. The number of nitrogens with zero attached hydrogens (tertiary/aromatic N) is 2. The molecular formula is C20H24N2O2. The topological polar surface area (TPSA) is 43.2 Å². The molecule has 24 heavy (non-hydrogen) atoms. The Morgan fingerprint density at radius 1 is 0.667 bits per heavy atom. The van der Waals surface area contributed by atoms with E-state index < -0.39 is 0 Å². The van der Waals surface area contributed by atoms with E-state index in [2.05, 4.69) is 23.8 Å². The van der Waals surface area contributed by atoms with Crippen LogP contribution in [0, 0.1) is 0 Å². The van der Waals surface area contributed by atoms with Crippen molar-refractivity contribution in [3.63, 3.8) is 0 Å². The minimum Gasteiger partial charge on any atom is -0.497 e. The molecule has 0 aliphatic rings. The zero-order valence-corrected chi connectivity index (χ0v) is 14.6. The first-order valence-corrected chi connectivity index (χ1v) is 7.97. The van der Waals surface area contributed by atoms with Gasteiger partial charge in [-0.3, -0.25) is 9.98 Å². The summed E-state index contributed by atoms with van der Waals surface area (Å²) < 4.78 is 10.3. The molecule has 4 nitrogen and oxygen atoms in total. The number of hydrogen-bond donors (Lipinski definition) is 0. The van der Waals surface area contributed by atoms with E-state index >= 15 is 0 Å². The molecule has 0 N–H and O–H groups in total. The maximum atomic E-state index is 5.16. The van der Waals surface area contributed by atoms with Gasteiger partial charge in [0.15, 0.2) is 0 Å². The average Bonchev–Trinajstić information content (AvgIpc) is 2.65. The Morgan fingerprint density at radius 3 is 1.29 bits per heavy atom. The molecule has 0 saturated carbocycles. The van der Waals surface area contributed by atoms with Gasteiger partial charge in [-0.15, -0.1) is 0 Å². The molecule has 0 fully saturated rings. The first-order chi connectivity index (χ1) is 11.6. The van der Waals surface area contributed by atoms with E-state index in [4.69, 9.17) is 9.47 Å². The highest BCUT2D eigenvalue weighted by Crippen LogP contribution is 2.21. The highest BCUT2D eigenvalue weighted by Gasteiger charge is 2.03. The molecule has 0 unspecified atom stereocenters. The van der Waals surface area contributed by atoms with Crippen molar-refractivity contribution in [2.24, 2.45) is 9.98 Å². The van der Waals surface area contributed by atoms with Crippen LogP contribution < -0.4 is 9.47 Å². The summed E-state index contributed by atoms with van der Waals surface area (Å²) in [7, 11) is 3.33. The van der Waals surface area contributed by atoms with Crippen molar-refractivity contribution >= 4 is 12.4 Å². The monoisotopic (exact) mass is 324 g/mol. The van der Waals surface area contributed by atoms with Crippen molar-refractivity contribution in [3.8, 4) is 11.5 Å². The summed E-state index contributed by atoms with van der Waals surface area (Å²) in [6.45, 7) is 4.11. The van der Waals surface area contributed by atoms with Crippen LogP contribution in [0.1, 0.15) is 37.1 Å². The molecule has 0 heterocycles. The Labute approximate surface area is 143 Å². The second kappa shape index (κ2) is 8.87. The summed E-state index contributed by atoms with van der Waals surface area (Å²) in [5, 5.41) is 0. The van der Waals surface area contributed by atoms with Gasteiger partial charge in [0, 0.05) is 12.4 Å². The second-order valence-electron chi connectivity index (χ2n) is 5.49. The van der Waals surface area contributed by atoms with Gasteiger partial charge in [-0.1, -0.05) is 24.3 Å². The number of rotatable bonds is 7. The molecule has 0 aliphatic carbocycles. The molecule has 0 radical (unpaired) electrons. The van der Waals surface area contributed by atoms with Gasteiger partial charge in [0.25, 0.3) is 0 Å². The number of methoxy groups -OCH3 is 2. The molecule has 0 spiro atoms. The number of ether oxygens (including phenoxy) is 2. The zero-order chi connectivity index (χ0) is 17.4. The van der Waals surface area contributed by atoms with Crippen LogP contribution in [0.4, 0.5) is 0 Å². The summed E-state index contributed by atoms with van der Waals surface area (Å²) >= 11 is 0. The van der Waals surface area contributed by atoms with Crippen LogP contribution in [-0.2, 0) is 0 Å². The Kier molecular flexibility index (Phi) is 6.55. The molecule has 0 bridgehead atoms. The third-order valence-electron chi connectivity index (χ3n) is 3.88. The molecular weight excluding hydrogens is 300 g/mol. The van der Waals surface area contributed by atoms with Crippen LogP contribution in [0.5, 0.6) is 11.5 Å². The van der Waals surface area contributed by atoms with Gasteiger partial charge in [0.1, 0.15) is 11.5 Å². The minimum atomic E-state index is 0.0821. The van der Waals surface area contributed by atoms with E-state index in [0.717, 1.165) is 22.6 Å². The Morgan fingerprint density at radius 2 is 1.00 bits per heavy atom. The van der Waals surface area contributed by atoms with Gasteiger partial charge in [-0.2, -0.15) is 0 Å². The van der Waals surface area contributed by atoms with Gasteiger partial charge in [0.2, 0.25) is 0 Å². The fourth-order valence-electron chi connectivity index (χ4n) is 2.27. The Balaban J connectivity index is 1.92. The van der Waals surface area contributed by atoms with Crippen molar-refractivity contribution in [2.45, 2.75) is 25.9 Å². The summed E-state index contributed by atoms with van der Waals surface area (Å²) in [5.74, 6) is 1.70. The lowest BCUT2D eigenvalue weighted by atomic mass is 10.1. The standard InChI is InChI=1S/C20H24N2O2/c1-15(17-5-9-19(23-3)10-6-17)21-13-14-22-16(2)18-7-11-20(24-4)12-8-18/h5-16H,1-4H3/t15-,16-/m0/s1. The fraction of sp³-hybridized carbons (Fsp3) is 0.300. The van der Waals surface area contributed by atoms with Crippen molar-refractivity contribution in [3.05, 3.63) is 59.7 Å². The van der Waals surface area contributed by atoms with Crippen LogP contribution in [-0.4, -0.2) is 26.6 Å². The summed E-state index contributed by atoms with van der Waals surface area (Å²) in [5.41, 5.74) is 2.28. The quantitative estimate of drug-likeness (QED) is 0.695. The first kappa shape index (κ1) is 17.7. The van der Waals surface area contributed by atoms with Gasteiger partial charge >= 0.3 is 0 Å². The normalized spacial score (nSPS) is 14.0. The second-order valence-corrected chi connectivity index (χ2v) is 5.49. The van der Waals surface area contributed by atoms with Crippen LogP contribution in [0.25, 0.3) is 0 Å². The predicted molar refractivity (Wildman–Crippen MR) is 99.8 cm³/mol. The highest BCUT2D eigenvalue weighted by atomic mass is 16.5. The summed E-state index contributed by atoms with van der Waals surface area (Å²) in [4.78, 5) is 9.02. The van der Waals surface area contributed by atoms with Gasteiger partial charge in [0.05, 0.1) is 26.3 Å². The summed E-state index contributed by atoms with van der Waals surface area (Å²) in [6.07, 6.45) is 3.52. The number of aliphatic imine (C=N–C) groups is 2. The molecule has 0 amide bonds. The summed E-state index contributed by atoms with van der Waals surface area (Å²) in [6, 6.07) is 16.0. The predicted octanol–water partition coefficient (Wildman–Crippen LogP) is 4.67. The van der Waals surface area contributed by atoms with Crippen LogP contribution in [0.3, 0.4) is 0 Å². The SMILES string of the molecule is COc1ccc([C@H](C)N=CC=N[C@@H](C)c2ccc(OC)cc2)cc1. The molecule has 126 valence electrons. The number of hydrogen-bond acceptors (Lipinski definition) is 4. The molecule has 0 saturated heterocycles. The minimum absolute atomic E-state index is 0.0821. The maximum absolute atomic E-state index is 5.16. The van der Waals surface area contributed by atoms with Crippen molar-refractivity contribution in [1.82, 2.24) is 0 Å². The molecule has 2 aromatic carbocycles. The van der Waals surface area contributed by atoms with E-state index in [0.29, 0.717) is 0 Å². The lowest BCUT2D eigenvalue weighted by molar-refractivity contribution is 0.414. The van der Waals surface area contributed by atoms with Crippen LogP contribution in [0.2, 0.25) is 0 Å². The third-order valence-corrected chi connectivity index (χ3v) is 3.88. The third kappa shape index (κ3) is 4.95. The van der Waals surface area contributed by atoms with Crippen LogP contribution in [0.15, 0.2) is 58.5 Å². The lowest BCUT2D eigenvalue weighted by Crippen LogP contribution is -1.93. The average molecular weight is 324 g/mol. The van der Waals surface area contributed by atoms with Gasteiger partial charge < -0.3 is 9.47 Å². The highest BCUT2D eigenvalue weighted by molar-refractivity contribution is 6.16. The first-order valence-electron chi connectivity index (χ1n) is 7.97. The van der Waals surface area contributed by atoms with Gasteiger partial charge in [-0.05, 0) is 49.2 Å². The van der Waals surface area contributed by atoms with Crippen molar-refractivity contribution < 1.29 is 9.47 Å².